The van der Waals surface area contributed by atoms with E-state index in [-0.39, 0.29) is 5.91 Å². The minimum atomic E-state index is -0.414. The highest BCUT2D eigenvalue weighted by Crippen LogP contribution is 2.25. The molecule has 0 fully saturated rings. The van der Waals surface area contributed by atoms with Crippen molar-refractivity contribution in [3.63, 3.8) is 0 Å². The quantitative estimate of drug-likeness (QED) is 0.667. The summed E-state index contributed by atoms with van der Waals surface area (Å²) >= 11 is 2.62. The Labute approximate surface area is 137 Å². The molecule has 0 saturated carbocycles. The van der Waals surface area contributed by atoms with E-state index >= 15 is 0 Å². The van der Waals surface area contributed by atoms with Crippen molar-refractivity contribution in [2.45, 2.75) is 18.7 Å². The maximum Gasteiger partial charge on any atom is 0.350 e. The van der Waals surface area contributed by atoms with Crippen LogP contribution in [0.25, 0.3) is 0 Å². The summed E-state index contributed by atoms with van der Waals surface area (Å²) in [6, 6.07) is 7.34. The molecule has 22 heavy (non-hydrogen) atoms. The summed E-state index contributed by atoms with van der Waals surface area (Å²) in [6.45, 7) is 3.77. The third-order valence-electron chi connectivity index (χ3n) is 2.83. The summed E-state index contributed by atoms with van der Waals surface area (Å²) in [5.41, 5.74) is 1.14. The summed E-state index contributed by atoms with van der Waals surface area (Å²) < 4.78 is 4.96. The molecule has 0 aliphatic rings. The first kappa shape index (κ1) is 16.5. The number of thiazole rings is 1. The van der Waals surface area contributed by atoms with Gasteiger partial charge in [-0.05, 0) is 32.2 Å². The largest absolute Gasteiger partial charge is 0.462 e. The van der Waals surface area contributed by atoms with Gasteiger partial charge < -0.3 is 4.74 Å². The van der Waals surface area contributed by atoms with E-state index in [0.29, 0.717) is 27.9 Å². The number of amides is 1. The van der Waals surface area contributed by atoms with Gasteiger partial charge in [-0.2, -0.15) is 0 Å². The Morgan fingerprint density at radius 3 is 2.77 bits per heavy atom. The molecule has 1 N–H and O–H groups in total. The highest BCUT2D eigenvalue weighted by Gasteiger charge is 2.18. The Bertz CT molecular complexity index is 698. The lowest BCUT2D eigenvalue weighted by molar-refractivity contribution is 0.0531. The zero-order chi connectivity index (χ0) is 16.1. The van der Waals surface area contributed by atoms with Gasteiger partial charge >= 0.3 is 5.97 Å². The van der Waals surface area contributed by atoms with Crippen LogP contribution in [0.5, 0.6) is 0 Å². The summed E-state index contributed by atoms with van der Waals surface area (Å²) in [5, 5.41) is 3.13. The van der Waals surface area contributed by atoms with Crippen LogP contribution >= 0.6 is 23.1 Å². The number of nitrogens with zero attached hydrogens (tertiary/aromatic N) is 1. The first-order valence-electron chi connectivity index (χ1n) is 6.65. The molecule has 1 aromatic heterocycles. The molecule has 2 aromatic rings. The van der Waals surface area contributed by atoms with Crippen molar-refractivity contribution in [1.29, 1.82) is 0 Å². The summed E-state index contributed by atoms with van der Waals surface area (Å²) in [5.74, 6) is -0.656. The number of esters is 1. The Balaban J connectivity index is 2.19. The second kappa shape index (κ2) is 7.42. The number of nitrogens with one attached hydrogen (secondary N) is 1. The number of aromatic nitrogens is 1. The number of carbonyl (C=O) groups excluding carboxylic acids is 2. The highest BCUT2D eigenvalue weighted by molar-refractivity contribution is 7.98. The molecule has 0 atom stereocenters. The monoisotopic (exact) mass is 336 g/mol. The smallest absolute Gasteiger partial charge is 0.350 e. The van der Waals surface area contributed by atoms with Crippen LogP contribution in [-0.2, 0) is 4.74 Å². The molecule has 116 valence electrons. The third kappa shape index (κ3) is 3.66. The zero-order valence-electron chi connectivity index (χ0n) is 12.5. The Morgan fingerprint density at radius 1 is 1.36 bits per heavy atom. The summed E-state index contributed by atoms with van der Waals surface area (Å²) in [7, 11) is 0. The van der Waals surface area contributed by atoms with Gasteiger partial charge in [-0.15, -0.1) is 11.8 Å². The Hall–Kier alpha value is -1.86. The number of hydrogen-bond donors (Lipinski definition) is 1. The highest BCUT2D eigenvalue weighted by atomic mass is 32.2. The molecule has 0 spiro atoms. The van der Waals surface area contributed by atoms with Gasteiger partial charge in [0, 0.05) is 4.90 Å². The van der Waals surface area contributed by atoms with Gasteiger partial charge in [0.2, 0.25) is 0 Å². The van der Waals surface area contributed by atoms with E-state index in [1.54, 1.807) is 19.9 Å². The number of ether oxygens (including phenoxy) is 1. The van der Waals surface area contributed by atoms with Crippen molar-refractivity contribution in [3.05, 3.63) is 40.4 Å². The number of aryl methyl sites for hydroxylation is 1. The van der Waals surface area contributed by atoms with Crippen LogP contribution in [0.2, 0.25) is 0 Å². The molecule has 5 nitrogen and oxygen atoms in total. The SMILES string of the molecule is CCOC(=O)c1sc(NC(=O)c2ccccc2SC)nc1C. The van der Waals surface area contributed by atoms with Gasteiger partial charge in [0.1, 0.15) is 4.88 Å². The molecule has 1 heterocycles. The predicted molar refractivity (Wildman–Crippen MR) is 89.0 cm³/mol. The molecule has 0 bridgehead atoms. The summed E-state index contributed by atoms with van der Waals surface area (Å²) in [6.07, 6.45) is 1.92. The normalized spacial score (nSPS) is 10.3. The standard InChI is InChI=1S/C15H16N2O3S2/c1-4-20-14(19)12-9(2)16-15(22-12)17-13(18)10-7-5-6-8-11(10)21-3/h5-8H,4H2,1-3H3,(H,16,17,18). The fraction of sp³-hybridized carbons (Fsp3) is 0.267. The predicted octanol–water partition coefficient (Wildman–Crippen LogP) is 3.60. The lowest BCUT2D eigenvalue weighted by Crippen LogP contribution is -2.12. The maximum absolute atomic E-state index is 12.3. The van der Waals surface area contributed by atoms with Gasteiger partial charge in [-0.25, -0.2) is 9.78 Å². The van der Waals surface area contributed by atoms with Crippen LogP contribution < -0.4 is 5.32 Å². The minimum Gasteiger partial charge on any atom is -0.462 e. The second-order valence-electron chi connectivity index (χ2n) is 4.31. The van der Waals surface area contributed by atoms with Gasteiger partial charge in [0.25, 0.3) is 5.91 Å². The molecule has 1 aromatic carbocycles. The first-order chi connectivity index (χ1) is 10.6. The van der Waals surface area contributed by atoms with Crippen LogP contribution in [0.1, 0.15) is 32.6 Å². The van der Waals surface area contributed by atoms with E-state index in [1.807, 2.05) is 24.5 Å². The molecule has 0 unspecified atom stereocenters. The van der Waals surface area contributed by atoms with Crippen molar-refractivity contribution in [2.75, 3.05) is 18.2 Å². The minimum absolute atomic E-state index is 0.242. The van der Waals surface area contributed by atoms with Crippen LogP contribution in [0, 0.1) is 6.92 Å². The topological polar surface area (TPSA) is 68.3 Å². The Kier molecular flexibility index (Phi) is 5.57. The average molecular weight is 336 g/mol. The lowest BCUT2D eigenvalue weighted by Gasteiger charge is -2.06. The lowest BCUT2D eigenvalue weighted by atomic mass is 10.2. The van der Waals surface area contributed by atoms with E-state index in [0.717, 1.165) is 16.2 Å². The van der Waals surface area contributed by atoms with Crippen molar-refractivity contribution in [3.8, 4) is 0 Å². The van der Waals surface area contributed by atoms with E-state index in [9.17, 15) is 9.59 Å². The molecular weight excluding hydrogens is 320 g/mol. The number of thioether (sulfide) groups is 1. The van der Waals surface area contributed by atoms with Crippen molar-refractivity contribution in [2.24, 2.45) is 0 Å². The third-order valence-corrected chi connectivity index (χ3v) is 4.68. The fourth-order valence-electron chi connectivity index (χ4n) is 1.83. The van der Waals surface area contributed by atoms with Crippen LogP contribution in [0.3, 0.4) is 0 Å². The van der Waals surface area contributed by atoms with Crippen LogP contribution in [-0.4, -0.2) is 29.7 Å². The number of rotatable bonds is 5. The second-order valence-corrected chi connectivity index (χ2v) is 6.16. The van der Waals surface area contributed by atoms with Crippen LogP contribution in [0.15, 0.2) is 29.2 Å². The van der Waals surface area contributed by atoms with E-state index in [4.69, 9.17) is 4.74 Å². The van der Waals surface area contributed by atoms with Gasteiger partial charge in [-0.1, -0.05) is 23.5 Å². The first-order valence-corrected chi connectivity index (χ1v) is 8.69. The molecule has 1 amide bonds. The van der Waals surface area contributed by atoms with Crippen LogP contribution in [0.4, 0.5) is 5.13 Å². The molecule has 0 aliphatic carbocycles. The van der Waals surface area contributed by atoms with Crippen molar-refractivity contribution >= 4 is 40.1 Å². The number of benzene rings is 1. The maximum atomic E-state index is 12.3. The van der Waals surface area contributed by atoms with E-state index in [2.05, 4.69) is 10.3 Å². The van der Waals surface area contributed by atoms with Gasteiger partial charge in [-0.3, -0.25) is 10.1 Å². The molecule has 2 rings (SSSR count). The molecule has 7 heteroatoms. The molecular formula is C15H16N2O3S2. The molecule has 0 saturated heterocycles. The molecule has 0 radical (unpaired) electrons. The van der Waals surface area contributed by atoms with Crippen molar-refractivity contribution in [1.82, 2.24) is 4.98 Å². The number of carbonyl (C=O) groups is 2. The average Bonchev–Trinajstić information content (AvgIpc) is 2.88. The Morgan fingerprint density at radius 2 is 2.09 bits per heavy atom. The molecule has 0 aliphatic heterocycles. The number of hydrogen-bond acceptors (Lipinski definition) is 6. The van der Waals surface area contributed by atoms with Gasteiger partial charge in [0.15, 0.2) is 5.13 Å². The zero-order valence-corrected chi connectivity index (χ0v) is 14.1. The van der Waals surface area contributed by atoms with Crippen molar-refractivity contribution < 1.29 is 14.3 Å². The van der Waals surface area contributed by atoms with Gasteiger partial charge in [0.05, 0.1) is 17.9 Å². The number of anilines is 1. The van der Waals surface area contributed by atoms with E-state index in [1.165, 1.54) is 11.8 Å². The summed E-state index contributed by atoms with van der Waals surface area (Å²) in [4.78, 5) is 29.6. The van der Waals surface area contributed by atoms with E-state index < -0.39 is 5.97 Å². The fourth-order valence-corrected chi connectivity index (χ4v) is 3.28.